The number of benzene rings is 2. The monoisotopic (exact) mass is 306 g/mol. The lowest BCUT2D eigenvalue weighted by Crippen LogP contribution is -1.97. The fourth-order valence-corrected chi connectivity index (χ4v) is 2.53. The third-order valence-corrected chi connectivity index (χ3v) is 3.78. The van der Waals surface area contributed by atoms with Crippen LogP contribution in [0, 0.1) is 6.92 Å². The molecule has 0 saturated carbocycles. The molecule has 23 heavy (non-hydrogen) atoms. The van der Waals surface area contributed by atoms with E-state index in [4.69, 9.17) is 14.2 Å². The molecular weight excluding hydrogens is 292 g/mol. The van der Waals surface area contributed by atoms with Gasteiger partial charge in [-0.25, -0.2) is 4.79 Å². The van der Waals surface area contributed by atoms with Crippen LogP contribution in [0.1, 0.15) is 16.7 Å². The number of esters is 1. The Labute approximate surface area is 133 Å². The maximum Gasteiger partial charge on any atom is 0.343 e. The van der Waals surface area contributed by atoms with Gasteiger partial charge in [-0.2, -0.15) is 0 Å². The van der Waals surface area contributed by atoms with Gasteiger partial charge in [0.15, 0.2) is 11.5 Å². The van der Waals surface area contributed by atoms with E-state index in [1.165, 1.54) is 0 Å². The lowest BCUT2D eigenvalue weighted by atomic mass is 10.1. The normalized spacial score (nSPS) is 17.3. The Kier molecular flexibility index (Phi) is 3.15. The predicted molar refractivity (Wildman–Crippen MR) is 85.8 cm³/mol. The molecule has 0 radical (unpaired) electrons. The van der Waals surface area contributed by atoms with E-state index in [-0.39, 0.29) is 12.8 Å². The molecule has 2 heterocycles. The van der Waals surface area contributed by atoms with Gasteiger partial charge in [-0.15, -0.1) is 0 Å². The van der Waals surface area contributed by atoms with Crippen LogP contribution < -0.4 is 9.47 Å². The summed E-state index contributed by atoms with van der Waals surface area (Å²) in [6, 6.07) is 13.4. The summed E-state index contributed by atoms with van der Waals surface area (Å²) in [6.45, 7) is 2.25. The largest absolute Gasteiger partial charge is 0.454 e. The van der Waals surface area contributed by atoms with Crippen molar-refractivity contribution in [2.24, 2.45) is 0 Å². The molecule has 0 bridgehead atoms. The van der Waals surface area contributed by atoms with E-state index in [0.717, 1.165) is 22.4 Å². The molecule has 2 aromatic carbocycles. The second kappa shape index (κ2) is 5.32. The van der Waals surface area contributed by atoms with E-state index in [1.807, 2.05) is 49.4 Å². The Morgan fingerprint density at radius 1 is 1.00 bits per heavy atom. The number of ether oxygens (including phenoxy) is 3. The molecule has 0 spiro atoms. The van der Waals surface area contributed by atoms with E-state index in [9.17, 15) is 4.79 Å². The summed E-state index contributed by atoms with van der Waals surface area (Å²) in [5.41, 5.74) is 3.43. The highest BCUT2D eigenvalue weighted by Crippen LogP contribution is 2.34. The summed E-state index contributed by atoms with van der Waals surface area (Å²) < 4.78 is 16.0. The van der Waals surface area contributed by atoms with Crippen LogP contribution >= 0.6 is 0 Å². The van der Waals surface area contributed by atoms with Crippen molar-refractivity contribution in [3.05, 3.63) is 70.8 Å². The minimum absolute atomic E-state index is 0.231. The van der Waals surface area contributed by atoms with Crippen molar-refractivity contribution in [2.45, 2.75) is 6.92 Å². The molecule has 0 amide bonds. The molecule has 2 aliphatic rings. The number of hydrogen-bond acceptors (Lipinski definition) is 4. The lowest BCUT2D eigenvalue weighted by Gasteiger charge is -2.01. The van der Waals surface area contributed by atoms with E-state index in [0.29, 0.717) is 17.1 Å². The van der Waals surface area contributed by atoms with Gasteiger partial charge in [0, 0.05) is 5.56 Å². The standard InChI is InChI=1S/C19H14O4/c1-12-2-5-14(6-3-12)17-10-15(19(20)23-17)8-13-4-7-16-18(9-13)22-11-21-16/h2-10H,11H2,1H3/b15-8+. The molecular formula is C19H14O4. The Morgan fingerprint density at radius 3 is 2.61 bits per heavy atom. The first kappa shape index (κ1) is 13.6. The number of hydrogen-bond donors (Lipinski definition) is 0. The van der Waals surface area contributed by atoms with Crippen molar-refractivity contribution >= 4 is 17.8 Å². The highest BCUT2D eigenvalue weighted by molar-refractivity contribution is 6.05. The van der Waals surface area contributed by atoms with Gasteiger partial charge in [-0.05, 0) is 36.8 Å². The number of carbonyl (C=O) groups is 1. The molecule has 0 saturated heterocycles. The van der Waals surface area contributed by atoms with Gasteiger partial charge >= 0.3 is 5.97 Å². The smallest absolute Gasteiger partial charge is 0.343 e. The second-order valence-corrected chi connectivity index (χ2v) is 5.48. The van der Waals surface area contributed by atoms with Crippen LogP contribution in [0.15, 0.2) is 54.1 Å². The van der Waals surface area contributed by atoms with E-state index in [1.54, 1.807) is 12.2 Å². The average molecular weight is 306 g/mol. The summed E-state index contributed by atoms with van der Waals surface area (Å²) in [5, 5.41) is 0. The van der Waals surface area contributed by atoms with Gasteiger partial charge in [0.05, 0.1) is 5.57 Å². The van der Waals surface area contributed by atoms with Crippen molar-refractivity contribution in [3.8, 4) is 11.5 Å². The molecule has 2 aliphatic heterocycles. The Hall–Kier alpha value is -3.01. The molecule has 4 nitrogen and oxygen atoms in total. The Bertz CT molecular complexity index is 844. The van der Waals surface area contributed by atoms with Crippen molar-refractivity contribution in [1.29, 1.82) is 0 Å². The van der Waals surface area contributed by atoms with Crippen LogP contribution in [-0.2, 0) is 9.53 Å². The summed E-state index contributed by atoms with van der Waals surface area (Å²) in [7, 11) is 0. The zero-order chi connectivity index (χ0) is 15.8. The number of rotatable bonds is 2. The van der Waals surface area contributed by atoms with Gasteiger partial charge < -0.3 is 14.2 Å². The predicted octanol–water partition coefficient (Wildman–Crippen LogP) is 3.71. The summed E-state index contributed by atoms with van der Waals surface area (Å²) in [5.74, 6) is 1.63. The topological polar surface area (TPSA) is 44.8 Å². The lowest BCUT2D eigenvalue weighted by molar-refractivity contribution is -0.130. The Balaban J connectivity index is 1.65. The van der Waals surface area contributed by atoms with Gasteiger partial charge in [-0.1, -0.05) is 35.9 Å². The van der Waals surface area contributed by atoms with Crippen LogP contribution in [0.4, 0.5) is 0 Å². The molecule has 0 aliphatic carbocycles. The molecule has 0 fully saturated rings. The third-order valence-electron chi connectivity index (χ3n) is 3.78. The van der Waals surface area contributed by atoms with Crippen LogP contribution in [0.5, 0.6) is 11.5 Å². The fraction of sp³-hybridized carbons (Fsp3) is 0.105. The zero-order valence-corrected chi connectivity index (χ0v) is 12.5. The van der Waals surface area contributed by atoms with Crippen LogP contribution in [0.3, 0.4) is 0 Å². The number of aryl methyl sites for hydroxylation is 1. The quantitative estimate of drug-likeness (QED) is 0.627. The number of carbonyl (C=O) groups excluding carboxylic acids is 1. The summed E-state index contributed by atoms with van der Waals surface area (Å²) in [4.78, 5) is 12.1. The van der Waals surface area contributed by atoms with E-state index >= 15 is 0 Å². The first-order chi connectivity index (χ1) is 11.2. The van der Waals surface area contributed by atoms with Crippen LogP contribution in [-0.4, -0.2) is 12.8 Å². The molecule has 114 valence electrons. The summed E-state index contributed by atoms with van der Waals surface area (Å²) in [6.07, 6.45) is 3.54. The highest BCUT2D eigenvalue weighted by Gasteiger charge is 2.22. The third kappa shape index (κ3) is 2.59. The molecule has 0 aromatic heterocycles. The average Bonchev–Trinajstić information content (AvgIpc) is 3.15. The molecule has 2 aromatic rings. The maximum atomic E-state index is 12.1. The fourth-order valence-electron chi connectivity index (χ4n) is 2.53. The molecule has 0 N–H and O–H groups in total. The minimum Gasteiger partial charge on any atom is -0.454 e. The van der Waals surface area contributed by atoms with E-state index < -0.39 is 0 Å². The first-order valence-electron chi connectivity index (χ1n) is 7.31. The van der Waals surface area contributed by atoms with Crippen molar-refractivity contribution in [3.63, 3.8) is 0 Å². The van der Waals surface area contributed by atoms with Crippen molar-refractivity contribution in [1.82, 2.24) is 0 Å². The van der Waals surface area contributed by atoms with Gasteiger partial charge in [0.2, 0.25) is 6.79 Å². The first-order valence-corrected chi connectivity index (χ1v) is 7.31. The second-order valence-electron chi connectivity index (χ2n) is 5.48. The zero-order valence-electron chi connectivity index (χ0n) is 12.5. The molecule has 4 heteroatoms. The number of cyclic esters (lactones) is 1. The van der Waals surface area contributed by atoms with Crippen LogP contribution in [0.2, 0.25) is 0 Å². The van der Waals surface area contributed by atoms with Gasteiger partial charge in [-0.3, -0.25) is 0 Å². The van der Waals surface area contributed by atoms with Gasteiger partial charge in [0.1, 0.15) is 5.76 Å². The maximum absolute atomic E-state index is 12.1. The molecule has 0 atom stereocenters. The SMILES string of the molecule is Cc1ccc(C2=C/C(=C\c3ccc4c(c3)OCO4)C(=O)O2)cc1. The minimum atomic E-state index is -0.349. The molecule has 0 unspecified atom stereocenters. The van der Waals surface area contributed by atoms with Crippen LogP contribution in [0.25, 0.3) is 11.8 Å². The highest BCUT2D eigenvalue weighted by atomic mass is 16.7. The van der Waals surface area contributed by atoms with E-state index in [2.05, 4.69) is 0 Å². The molecule has 4 rings (SSSR count). The van der Waals surface area contributed by atoms with Gasteiger partial charge in [0.25, 0.3) is 0 Å². The van der Waals surface area contributed by atoms with Crippen molar-refractivity contribution in [2.75, 3.05) is 6.79 Å². The number of fused-ring (bicyclic) bond motifs is 1. The van der Waals surface area contributed by atoms with Crippen molar-refractivity contribution < 1.29 is 19.0 Å². The Morgan fingerprint density at radius 2 is 1.78 bits per heavy atom. The summed E-state index contributed by atoms with van der Waals surface area (Å²) >= 11 is 0.